The molecule has 1 fully saturated rings. The van der Waals surface area contributed by atoms with E-state index in [2.05, 4.69) is 36.1 Å². The molecule has 0 spiro atoms. The van der Waals surface area contributed by atoms with Crippen molar-refractivity contribution in [3.63, 3.8) is 0 Å². The molecule has 3 nitrogen and oxygen atoms in total. The number of aromatic amines is 1. The smallest absolute Gasteiger partial charge is 0.0991 e. The van der Waals surface area contributed by atoms with Crippen LogP contribution in [0.3, 0.4) is 0 Å². The van der Waals surface area contributed by atoms with Gasteiger partial charge in [0.05, 0.1) is 11.6 Å². The molecule has 2 aromatic rings. The Hall–Kier alpha value is -1.79. The maximum Gasteiger partial charge on any atom is 0.0991 e. The Labute approximate surface area is 126 Å². The second-order valence-electron chi connectivity index (χ2n) is 6.26. The van der Waals surface area contributed by atoms with Gasteiger partial charge >= 0.3 is 0 Å². The molecule has 0 unspecified atom stereocenters. The van der Waals surface area contributed by atoms with Crippen LogP contribution in [0.15, 0.2) is 24.4 Å². The van der Waals surface area contributed by atoms with E-state index in [-0.39, 0.29) is 0 Å². The van der Waals surface area contributed by atoms with Crippen molar-refractivity contribution in [1.29, 1.82) is 5.26 Å². The van der Waals surface area contributed by atoms with Gasteiger partial charge in [0.25, 0.3) is 0 Å². The molecule has 1 heterocycles. The molecule has 3 heteroatoms. The van der Waals surface area contributed by atoms with Crippen LogP contribution in [-0.4, -0.2) is 30.0 Å². The van der Waals surface area contributed by atoms with Gasteiger partial charge in [-0.25, -0.2) is 0 Å². The Bertz CT molecular complexity index is 665. The fourth-order valence-electron chi connectivity index (χ4n) is 3.25. The number of hydrogen-bond donors (Lipinski definition) is 1. The summed E-state index contributed by atoms with van der Waals surface area (Å²) in [7, 11) is 2.19. The van der Waals surface area contributed by atoms with Gasteiger partial charge < -0.3 is 9.88 Å². The Kier molecular flexibility index (Phi) is 3.98. The minimum Gasteiger partial charge on any atom is -0.361 e. The minimum atomic E-state index is 0.694. The number of benzene rings is 1. The molecular weight excluding hydrogens is 258 g/mol. The summed E-state index contributed by atoms with van der Waals surface area (Å²) in [5.74, 6) is 1.53. The first-order valence-electron chi connectivity index (χ1n) is 7.92. The van der Waals surface area contributed by atoms with E-state index in [0.29, 0.717) is 5.92 Å². The van der Waals surface area contributed by atoms with E-state index < -0.39 is 0 Å². The molecule has 0 bridgehead atoms. The lowest BCUT2D eigenvalue weighted by molar-refractivity contribution is 0.339. The normalized spacial score (nSPS) is 20.9. The monoisotopic (exact) mass is 281 g/mol. The van der Waals surface area contributed by atoms with Gasteiger partial charge in [0, 0.05) is 17.1 Å². The Balaban J connectivity index is 1.65. The third-order valence-corrected chi connectivity index (χ3v) is 4.82. The quantitative estimate of drug-likeness (QED) is 0.873. The maximum atomic E-state index is 9.06. The van der Waals surface area contributed by atoms with Crippen molar-refractivity contribution < 1.29 is 0 Å². The van der Waals surface area contributed by atoms with E-state index in [1.165, 1.54) is 36.8 Å². The van der Waals surface area contributed by atoms with Gasteiger partial charge in [0.1, 0.15) is 0 Å². The molecule has 1 N–H and O–H groups in total. The molecule has 1 aliphatic carbocycles. The topological polar surface area (TPSA) is 42.8 Å². The highest BCUT2D eigenvalue weighted by atomic mass is 15.1. The second-order valence-corrected chi connectivity index (χ2v) is 6.26. The van der Waals surface area contributed by atoms with Gasteiger partial charge in [-0.05, 0) is 75.0 Å². The summed E-state index contributed by atoms with van der Waals surface area (Å²) < 4.78 is 0. The highest BCUT2D eigenvalue weighted by Crippen LogP contribution is 2.51. The lowest BCUT2D eigenvalue weighted by atomic mass is 10.0. The SMILES string of the molecule is CCN(C)CCC[C@@H]1C[C@H]1c1c[nH]c2ccc(C#N)cc12. The molecule has 21 heavy (non-hydrogen) atoms. The van der Waals surface area contributed by atoms with Crippen molar-refractivity contribution in [2.24, 2.45) is 5.92 Å². The van der Waals surface area contributed by atoms with Crippen LogP contribution >= 0.6 is 0 Å². The van der Waals surface area contributed by atoms with Gasteiger partial charge in [-0.2, -0.15) is 5.26 Å². The van der Waals surface area contributed by atoms with E-state index in [0.717, 1.165) is 23.5 Å². The molecule has 0 amide bonds. The molecule has 0 aliphatic heterocycles. The molecule has 1 aromatic heterocycles. The molecule has 0 radical (unpaired) electrons. The number of H-pyrrole nitrogens is 1. The van der Waals surface area contributed by atoms with E-state index in [1.54, 1.807) is 0 Å². The highest BCUT2D eigenvalue weighted by Gasteiger charge is 2.38. The molecule has 1 aliphatic rings. The summed E-state index contributed by atoms with van der Waals surface area (Å²) in [6.07, 6.45) is 6.06. The maximum absolute atomic E-state index is 9.06. The number of nitrogens with zero attached hydrogens (tertiary/aromatic N) is 2. The first kappa shape index (κ1) is 14.2. The van der Waals surface area contributed by atoms with Crippen LogP contribution in [0.25, 0.3) is 10.9 Å². The van der Waals surface area contributed by atoms with Crippen LogP contribution in [0.4, 0.5) is 0 Å². The van der Waals surface area contributed by atoms with Crippen molar-refractivity contribution in [2.75, 3.05) is 20.1 Å². The molecule has 3 rings (SSSR count). The third-order valence-electron chi connectivity index (χ3n) is 4.82. The molecule has 2 atom stereocenters. The van der Waals surface area contributed by atoms with Crippen LogP contribution < -0.4 is 0 Å². The van der Waals surface area contributed by atoms with E-state index >= 15 is 0 Å². The van der Waals surface area contributed by atoms with Crippen LogP contribution in [0.2, 0.25) is 0 Å². The highest BCUT2D eigenvalue weighted by molar-refractivity contribution is 5.85. The number of nitrogens with one attached hydrogen (secondary N) is 1. The van der Waals surface area contributed by atoms with Crippen molar-refractivity contribution >= 4 is 10.9 Å². The predicted octanol–water partition coefficient (Wildman–Crippen LogP) is 3.87. The fraction of sp³-hybridized carbons (Fsp3) is 0.500. The largest absolute Gasteiger partial charge is 0.361 e. The predicted molar refractivity (Wildman–Crippen MR) is 86.3 cm³/mol. The molecule has 1 aromatic carbocycles. The Morgan fingerprint density at radius 3 is 3.05 bits per heavy atom. The summed E-state index contributed by atoms with van der Waals surface area (Å²) in [5, 5.41) is 10.3. The zero-order chi connectivity index (χ0) is 14.8. The van der Waals surface area contributed by atoms with Crippen molar-refractivity contribution in [3.8, 4) is 6.07 Å². The van der Waals surface area contributed by atoms with Crippen molar-refractivity contribution in [2.45, 2.75) is 32.1 Å². The third kappa shape index (κ3) is 2.96. The lowest BCUT2D eigenvalue weighted by Crippen LogP contribution is -2.18. The average molecular weight is 281 g/mol. The lowest BCUT2D eigenvalue weighted by Gasteiger charge is -2.12. The number of aromatic nitrogens is 1. The van der Waals surface area contributed by atoms with Gasteiger partial charge in [0.15, 0.2) is 0 Å². The Morgan fingerprint density at radius 1 is 1.43 bits per heavy atom. The van der Waals surface area contributed by atoms with E-state index in [1.807, 2.05) is 18.2 Å². The van der Waals surface area contributed by atoms with Crippen LogP contribution in [0.1, 0.15) is 43.2 Å². The summed E-state index contributed by atoms with van der Waals surface area (Å²) in [6, 6.07) is 8.17. The van der Waals surface area contributed by atoms with Gasteiger partial charge in [0.2, 0.25) is 0 Å². The molecule has 0 saturated heterocycles. The first-order chi connectivity index (χ1) is 10.2. The minimum absolute atomic E-state index is 0.694. The second kappa shape index (κ2) is 5.91. The fourth-order valence-corrected chi connectivity index (χ4v) is 3.25. The van der Waals surface area contributed by atoms with Crippen LogP contribution in [0.5, 0.6) is 0 Å². The Morgan fingerprint density at radius 2 is 2.29 bits per heavy atom. The standard InChI is InChI=1S/C18H23N3/c1-3-21(2)8-4-5-14-10-15(14)17-12-20-18-7-6-13(11-19)9-16(17)18/h6-7,9,12,14-15,20H,3-5,8,10H2,1-2H3/t14-,15-/m1/s1. The van der Waals surface area contributed by atoms with E-state index in [4.69, 9.17) is 5.26 Å². The van der Waals surface area contributed by atoms with Gasteiger partial charge in [-0.15, -0.1) is 0 Å². The number of rotatable bonds is 6. The summed E-state index contributed by atoms with van der Waals surface area (Å²) >= 11 is 0. The number of nitriles is 1. The summed E-state index contributed by atoms with van der Waals surface area (Å²) in [5.41, 5.74) is 3.32. The zero-order valence-corrected chi connectivity index (χ0v) is 12.9. The molecular formula is C18H23N3. The molecule has 110 valence electrons. The van der Waals surface area contributed by atoms with Gasteiger partial charge in [-0.3, -0.25) is 0 Å². The van der Waals surface area contributed by atoms with Crippen LogP contribution in [0, 0.1) is 17.2 Å². The van der Waals surface area contributed by atoms with Crippen LogP contribution in [-0.2, 0) is 0 Å². The first-order valence-corrected chi connectivity index (χ1v) is 7.92. The van der Waals surface area contributed by atoms with Crippen molar-refractivity contribution in [1.82, 2.24) is 9.88 Å². The number of fused-ring (bicyclic) bond motifs is 1. The zero-order valence-electron chi connectivity index (χ0n) is 12.9. The van der Waals surface area contributed by atoms with Gasteiger partial charge in [-0.1, -0.05) is 6.92 Å². The average Bonchev–Trinajstić information content (AvgIpc) is 3.15. The summed E-state index contributed by atoms with van der Waals surface area (Å²) in [4.78, 5) is 5.72. The van der Waals surface area contributed by atoms with Crippen molar-refractivity contribution in [3.05, 3.63) is 35.5 Å². The molecule has 1 saturated carbocycles. The number of hydrogen-bond acceptors (Lipinski definition) is 2. The summed E-state index contributed by atoms with van der Waals surface area (Å²) in [6.45, 7) is 4.54. The van der Waals surface area contributed by atoms with E-state index in [9.17, 15) is 0 Å².